The molecule has 2 unspecified atom stereocenters. The monoisotopic (exact) mass is 344 g/mol. The van der Waals surface area contributed by atoms with Gasteiger partial charge in [0.05, 0.1) is 38.6 Å². The van der Waals surface area contributed by atoms with E-state index in [-0.39, 0.29) is 12.2 Å². The SMILES string of the molecule is CC1CCC2(C[C@H]1O)OCCO2.C[C@H]1CCC2(CC1O)OCCO2. The minimum atomic E-state index is -0.425. The van der Waals surface area contributed by atoms with Gasteiger partial charge in [-0.2, -0.15) is 0 Å². The molecule has 24 heavy (non-hydrogen) atoms. The van der Waals surface area contributed by atoms with Crippen LogP contribution in [0.5, 0.6) is 0 Å². The molecule has 2 heterocycles. The molecule has 2 saturated heterocycles. The van der Waals surface area contributed by atoms with Crippen LogP contribution in [-0.4, -0.2) is 60.4 Å². The number of hydrogen-bond acceptors (Lipinski definition) is 6. The summed E-state index contributed by atoms with van der Waals surface area (Å²) in [7, 11) is 0. The third kappa shape index (κ3) is 4.11. The maximum Gasteiger partial charge on any atom is 0.170 e. The maximum absolute atomic E-state index is 9.64. The molecule has 2 N–H and O–H groups in total. The van der Waals surface area contributed by atoms with E-state index in [0.29, 0.717) is 51.1 Å². The van der Waals surface area contributed by atoms with Crippen molar-refractivity contribution in [2.75, 3.05) is 26.4 Å². The molecular formula is C18H32O6. The molecule has 2 saturated carbocycles. The molecule has 140 valence electrons. The number of rotatable bonds is 0. The van der Waals surface area contributed by atoms with Gasteiger partial charge in [0.2, 0.25) is 0 Å². The fourth-order valence-corrected chi connectivity index (χ4v) is 4.04. The van der Waals surface area contributed by atoms with Crippen molar-refractivity contribution >= 4 is 0 Å². The highest BCUT2D eigenvalue weighted by molar-refractivity contribution is 4.87. The lowest BCUT2D eigenvalue weighted by Crippen LogP contribution is -2.42. The summed E-state index contributed by atoms with van der Waals surface area (Å²) in [5.74, 6) is -0.0652. The molecule has 6 heteroatoms. The van der Waals surface area contributed by atoms with Gasteiger partial charge in [0.15, 0.2) is 11.6 Å². The molecule has 6 nitrogen and oxygen atoms in total. The van der Waals surface area contributed by atoms with Gasteiger partial charge in [-0.25, -0.2) is 0 Å². The van der Waals surface area contributed by atoms with Gasteiger partial charge >= 0.3 is 0 Å². The molecule has 2 aliphatic carbocycles. The second-order valence-electron chi connectivity index (χ2n) is 7.79. The zero-order valence-electron chi connectivity index (χ0n) is 14.9. The molecule has 4 atom stereocenters. The summed E-state index contributed by atoms with van der Waals surface area (Å²) < 4.78 is 22.1. The average Bonchev–Trinajstić information content (AvgIpc) is 3.19. The van der Waals surface area contributed by atoms with Crippen LogP contribution in [0, 0.1) is 11.8 Å². The van der Waals surface area contributed by atoms with Crippen LogP contribution in [-0.2, 0) is 18.9 Å². The van der Waals surface area contributed by atoms with Crippen LogP contribution in [0.3, 0.4) is 0 Å². The van der Waals surface area contributed by atoms with Crippen LogP contribution in [0.25, 0.3) is 0 Å². The van der Waals surface area contributed by atoms with Crippen LogP contribution >= 0.6 is 0 Å². The minimum Gasteiger partial charge on any atom is -0.393 e. The van der Waals surface area contributed by atoms with Gasteiger partial charge in [0.1, 0.15) is 0 Å². The van der Waals surface area contributed by atoms with E-state index in [1.807, 2.05) is 0 Å². The van der Waals surface area contributed by atoms with E-state index in [9.17, 15) is 10.2 Å². The first kappa shape index (κ1) is 18.5. The van der Waals surface area contributed by atoms with Crippen LogP contribution in [0.4, 0.5) is 0 Å². The summed E-state index contributed by atoms with van der Waals surface area (Å²) in [5.41, 5.74) is 0. The molecule has 0 bridgehead atoms. The maximum atomic E-state index is 9.64. The van der Waals surface area contributed by atoms with Crippen molar-refractivity contribution in [3.8, 4) is 0 Å². The van der Waals surface area contributed by atoms with Gasteiger partial charge in [-0.05, 0) is 24.7 Å². The van der Waals surface area contributed by atoms with Gasteiger partial charge in [-0.3, -0.25) is 0 Å². The first-order chi connectivity index (χ1) is 11.4. The molecule has 4 rings (SSSR count). The molecule has 2 aliphatic heterocycles. The third-order valence-corrected chi connectivity index (χ3v) is 5.94. The first-order valence-corrected chi connectivity index (χ1v) is 9.36. The Labute approximate surface area is 144 Å². The molecule has 0 aromatic rings. The Bertz CT molecular complexity index is 364. The fourth-order valence-electron chi connectivity index (χ4n) is 4.04. The number of aliphatic hydroxyl groups excluding tert-OH is 2. The van der Waals surface area contributed by atoms with E-state index < -0.39 is 11.6 Å². The summed E-state index contributed by atoms with van der Waals surface area (Å²) in [6.07, 6.45) is 4.66. The van der Waals surface area contributed by atoms with E-state index in [0.717, 1.165) is 25.7 Å². The Morgan fingerprint density at radius 2 is 1.00 bits per heavy atom. The Morgan fingerprint density at radius 1 is 0.667 bits per heavy atom. The summed E-state index contributed by atoms with van der Waals surface area (Å²) >= 11 is 0. The molecule has 0 amide bonds. The Balaban J connectivity index is 0.000000141. The molecule has 0 aromatic heterocycles. The minimum absolute atomic E-state index is 0.253. The van der Waals surface area contributed by atoms with Gasteiger partial charge < -0.3 is 29.2 Å². The predicted molar refractivity (Wildman–Crippen MR) is 87.3 cm³/mol. The molecule has 4 aliphatic rings. The highest BCUT2D eigenvalue weighted by Gasteiger charge is 2.44. The Morgan fingerprint density at radius 3 is 1.29 bits per heavy atom. The quantitative estimate of drug-likeness (QED) is 0.698. The highest BCUT2D eigenvalue weighted by atomic mass is 16.7. The highest BCUT2D eigenvalue weighted by Crippen LogP contribution is 2.39. The van der Waals surface area contributed by atoms with Crippen molar-refractivity contribution in [2.45, 2.75) is 76.2 Å². The average molecular weight is 344 g/mol. The van der Waals surface area contributed by atoms with E-state index in [1.54, 1.807) is 0 Å². The Hall–Kier alpha value is -0.240. The van der Waals surface area contributed by atoms with Crippen LogP contribution < -0.4 is 0 Å². The van der Waals surface area contributed by atoms with Crippen molar-refractivity contribution in [3.63, 3.8) is 0 Å². The van der Waals surface area contributed by atoms with E-state index in [1.165, 1.54) is 0 Å². The van der Waals surface area contributed by atoms with E-state index >= 15 is 0 Å². The standard InChI is InChI=1S/2C9H16O3/c2*1-7-2-3-9(6-8(7)10)11-4-5-12-9/h2*7-8,10H,2-6H2,1H3/t7?,8-;7-,8?/m10/s1. The first-order valence-electron chi connectivity index (χ1n) is 9.36. The van der Waals surface area contributed by atoms with Crippen LogP contribution in [0.2, 0.25) is 0 Å². The fraction of sp³-hybridized carbons (Fsp3) is 1.00. The lowest BCUT2D eigenvalue weighted by molar-refractivity contribution is -0.204. The Kier molecular flexibility index (Phi) is 5.84. The molecule has 4 fully saturated rings. The summed E-state index contributed by atoms with van der Waals surface area (Å²) in [5, 5.41) is 19.3. The van der Waals surface area contributed by atoms with Crippen LogP contribution in [0.15, 0.2) is 0 Å². The van der Waals surface area contributed by atoms with Gasteiger partial charge in [0, 0.05) is 25.7 Å². The topological polar surface area (TPSA) is 77.4 Å². The second-order valence-corrected chi connectivity index (χ2v) is 7.79. The summed E-state index contributed by atoms with van der Waals surface area (Å²) in [4.78, 5) is 0. The van der Waals surface area contributed by atoms with Crippen molar-refractivity contribution < 1.29 is 29.2 Å². The normalized spacial score (nSPS) is 40.5. The van der Waals surface area contributed by atoms with Crippen LogP contribution in [0.1, 0.15) is 52.4 Å². The molecule has 0 aromatic carbocycles. The smallest absolute Gasteiger partial charge is 0.170 e. The predicted octanol–water partition coefficient (Wildman–Crippen LogP) is 1.82. The number of hydrogen-bond donors (Lipinski definition) is 2. The zero-order chi connectivity index (χ0) is 17.2. The lowest BCUT2D eigenvalue weighted by Gasteiger charge is -2.37. The van der Waals surface area contributed by atoms with Crippen molar-refractivity contribution in [2.24, 2.45) is 11.8 Å². The third-order valence-electron chi connectivity index (χ3n) is 5.94. The second kappa shape index (κ2) is 7.56. The van der Waals surface area contributed by atoms with Gasteiger partial charge in [-0.1, -0.05) is 13.8 Å². The molecule has 0 radical (unpaired) electrons. The van der Waals surface area contributed by atoms with Gasteiger partial charge in [-0.15, -0.1) is 0 Å². The van der Waals surface area contributed by atoms with Crippen molar-refractivity contribution in [3.05, 3.63) is 0 Å². The van der Waals surface area contributed by atoms with Crippen molar-refractivity contribution in [1.82, 2.24) is 0 Å². The number of ether oxygens (including phenoxy) is 4. The zero-order valence-corrected chi connectivity index (χ0v) is 14.9. The van der Waals surface area contributed by atoms with Crippen molar-refractivity contribution in [1.29, 1.82) is 0 Å². The van der Waals surface area contributed by atoms with E-state index in [4.69, 9.17) is 18.9 Å². The summed E-state index contributed by atoms with van der Waals surface area (Å²) in [6.45, 7) is 6.88. The number of aliphatic hydroxyl groups is 2. The largest absolute Gasteiger partial charge is 0.393 e. The molecule has 2 spiro atoms. The summed E-state index contributed by atoms with van der Waals surface area (Å²) in [6, 6.07) is 0. The van der Waals surface area contributed by atoms with E-state index in [2.05, 4.69) is 13.8 Å². The lowest BCUT2D eigenvalue weighted by atomic mass is 9.84. The molecular weight excluding hydrogens is 312 g/mol. The van der Waals surface area contributed by atoms with Gasteiger partial charge in [0.25, 0.3) is 0 Å².